The highest BCUT2D eigenvalue weighted by Crippen LogP contribution is 2.03. The van der Waals surface area contributed by atoms with E-state index >= 15 is 0 Å². The van der Waals surface area contributed by atoms with Crippen LogP contribution in [-0.2, 0) is 16.4 Å². The Hall–Kier alpha value is -0.460. The summed E-state index contributed by atoms with van der Waals surface area (Å²) in [6.07, 6.45) is 4.01. The predicted molar refractivity (Wildman–Crippen MR) is 62.5 cm³/mol. The first-order chi connectivity index (χ1) is 7.14. The normalized spacial score (nSPS) is 11.8. The first-order valence-electron chi connectivity index (χ1n) is 5.00. The summed E-state index contributed by atoms with van der Waals surface area (Å²) in [5, 5.41) is 2.86. The van der Waals surface area contributed by atoms with Gasteiger partial charge in [0.1, 0.15) is 0 Å². The Labute approximate surface area is 94.8 Å². The van der Waals surface area contributed by atoms with E-state index in [0.29, 0.717) is 19.4 Å². The minimum Gasteiger partial charge on any atom is -0.250 e. The highest BCUT2D eigenvalue weighted by Gasteiger charge is 2.08. The lowest BCUT2D eigenvalue weighted by Gasteiger charge is -2.04. The van der Waals surface area contributed by atoms with Gasteiger partial charge in [-0.3, -0.25) is 0 Å². The number of hydrogen-bond donors (Lipinski definition) is 1. The maximum absolute atomic E-state index is 11.4. The molecular weight excluding hydrogens is 232 g/mol. The van der Waals surface area contributed by atoms with E-state index in [4.69, 9.17) is 0 Å². The molecule has 1 heterocycles. The van der Waals surface area contributed by atoms with Gasteiger partial charge in [-0.25, -0.2) is 18.1 Å². The molecule has 1 rings (SSSR count). The molecule has 1 aromatic heterocycles. The Balaban J connectivity index is 2.24. The van der Waals surface area contributed by atoms with Crippen molar-refractivity contribution in [3.05, 3.63) is 16.6 Å². The fourth-order valence-electron chi connectivity index (χ4n) is 1.10. The lowest BCUT2D eigenvalue weighted by atomic mass is 10.4. The molecule has 0 atom stereocenters. The van der Waals surface area contributed by atoms with Crippen molar-refractivity contribution in [3.8, 4) is 0 Å². The summed E-state index contributed by atoms with van der Waals surface area (Å²) < 4.78 is 25.4. The highest BCUT2D eigenvalue weighted by molar-refractivity contribution is 7.89. The van der Waals surface area contributed by atoms with Gasteiger partial charge >= 0.3 is 0 Å². The minimum atomic E-state index is -3.07. The molecule has 0 fully saturated rings. The van der Waals surface area contributed by atoms with Gasteiger partial charge in [0.05, 0.1) is 10.8 Å². The van der Waals surface area contributed by atoms with E-state index in [-0.39, 0.29) is 5.75 Å². The molecule has 0 amide bonds. The van der Waals surface area contributed by atoms with Crippen molar-refractivity contribution >= 4 is 21.4 Å². The van der Waals surface area contributed by atoms with Crippen molar-refractivity contribution in [2.24, 2.45) is 0 Å². The monoisotopic (exact) mass is 248 g/mol. The maximum Gasteiger partial charge on any atom is 0.211 e. The van der Waals surface area contributed by atoms with E-state index < -0.39 is 10.0 Å². The highest BCUT2D eigenvalue weighted by atomic mass is 32.2. The second-order valence-electron chi connectivity index (χ2n) is 3.24. The van der Waals surface area contributed by atoms with Gasteiger partial charge in [0.15, 0.2) is 0 Å². The molecule has 4 nitrogen and oxygen atoms in total. The largest absolute Gasteiger partial charge is 0.250 e. The summed E-state index contributed by atoms with van der Waals surface area (Å²) in [7, 11) is -3.07. The van der Waals surface area contributed by atoms with Gasteiger partial charge in [-0.15, -0.1) is 11.3 Å². The van der Waals surface area contributed by atoms with Crippen molar-refractivity contribution < 1.29 is 8.42 Å². The molecule has 6 heteroatoms. The molecule has 0 radical (unpaired) electrons. The summed E-state index contributed by atoms with van der Waals surface area (Å²) in [5.41, 5.74) is 0. The van der Waals surface area contributed by atoms with Crippen LogP contribution in [0, 0.1) is 0 Å². The van der Waals surface area contributed by atoms with Crippen LogP contribution in [0.1, 0.15) is 24.8 Å². The maximum atomic E-state index is 11.4. The molecular formula is C9H16N2O2S2. The zero-order chi connectivity index (χ0) is 11.1. The molecule has 0 aliphatic heterocycles. The summed E-state index contributed by atoms with van der Waals surface area (Å²) in [6, 6.07) is 0. The lowest BCUT2D eigenvalue weighted by Crippen LogP contribution is -2.28. The Kier molecular flexibility index (Phi) is 5.21. The standard InChI is InChI=1S/C9H16N2O2S2/c1-2-3-8-15(12,13)11-5-4-9-10-6-7-14-9/h6-7,11H,2-5,8H2,1H3. The van der Waals surface area contributed by atoms with Crippen molar-refractivity contribution in [2.45, 2.75) is 26.2 Å². The van der Waals surface area contributed by atoms with Crippen LogP contribution in [0.4, 0.5) is 0 Å². The van der Waals surface area contributed by atoms with Crippen LogP contribution >= 0.6 is 11.3 Å². The quantitative estimate of drug-likeness (QED) is 0.793. The zero-order valence-corrected chi connectivity index (χ0v) is 10.4. The van der Waals surface area contributed by atoms with E-state index in [0.717, 1.165) is 11.4 Å². The van der Waals surface area contributed by atoms with Gasteiger partial charge < -0.3 is 0 Å². The topological polar surface area (TPSA) is 59.1 Å². The Morgan fingerprint density at radius 2 is 2.33 bits per heavy atom. The van der Waals surface area contributed by atoms with Gasteiger partial charge in [-0.05, 0) is 6.42 Å². The van der Waals surface area contributed by atoms with Crippen LogP contribution in [0.25, 0.3) is 0 Å². The molecule has 0 saturated carbocycles. The van der Waals surface area contributed by atoms with Crippen LogP contribution in [0.3, 0.4) is 0 Å². The Morgan fingerprint density at radius 1 is 1.53 bits per heavy atom. The second kappa shape index (κ2) is 6.19. The molecule has 1 N–H and O–H groups in total. The van der Waals surface area contributed by atoms with E-state index in [1.54, 1.807) is 17.5 Å². The first kappa shape index (κ1) is 12.6. The van der Waals surface area contributed by atoms with Crippen molar-refractivity contribution in [1.29, 1.82) is 0 Å². The molecule has 15 heavy (non-hydrogen) atoms. The van der Waals surface area contributed by atoms with Crippen molar-refractivity contribution in [2.75, 3.05) is 12.3 Å². The number of rotatable bonds is 7. The van der Waals surface area contributed by atoms with Crippen LogP contribution < -0.4 is 4.72 Å². The first-order valence-corrected chi connectivity index (χ1v) is 7.53. The molecule has 0 bridgehead atoms. The van der Waals surface area contributed by atoms with Gasteiger partial charge in [0.2, 0.25) is 10.0 Å². The number of nitrogens with one attached hydrogen (secondary N) is 1. The number of hydrogen-bond acceptors (Lipinski definition) is 4. The smallest absolute Gasteiger partial charge is 0.211 e. The zero-order valence-electron chi connectivity index (χ0n) is 8.77. The third-order valence-corrected chi connectivity index (χ3v) is 4.22. The second-order valence-corrected chi connectivity index (χ2v) is 6.15. The minimum absolute atomic E-state index is 0.224. The van der Waals surface area contributed by atoms with Crippen LogP contribution in [-0.4, -0.2) is 25.7 Å². The summed E-state index contributed by atoms with van der Waals surface area (Å²) in [5.74, 6) is 0.224. The van der Waals surface area contributed by atoms with Gasteiger partial charge in [-0.1, -0.05) is 13.3 Å². The molecule has 1 aromatic rings. The van der Waals surface area contributed by atoms with Crippen LogP contribution in [0.5, 0.6) is 0 Å². The molecule has 0 saturated heterocycles. The van der Waals surface area contributed by atoms with Crippen molar-refractivity contribution in [3.63, 3.8) is 0 Å². The van der Waals surface area contributed by atoms with Crippen LogP contribution in [0.2, 0.25) is 0 Å². The molecule has 0 spiro atoms. The van der Waals surface area contributed by atoms with Crippen LogP contribution in [0.15, 0.2) is 11.6 Å². The molecule has 0 unspecified atom stereocenters. The third kappa shape index (κ3) is 5.25. The molecule has 86 valence electrons. The Bertz CT molecular complexity index is 359. The number of sulfonamides is 1. The Morgan fingerprint density at radius 3 is 2.93 bits per heavy atom. The number of nitrogens with zero attached hydrogens (tertiary/aromatic N) is 1. The van der Waals surface area contributed by atoms with Crippen molar-refractivity contribution in [1.82, 2.24) is 9.71 Å². The van der Waals surface area contributed by atoms with E-state index in [1.807, 2.05) is 12.3 Å². The molecule has 0 aliphatic carbocycles. The fourth-order valence-corrected chi connectivity index (χ4v) is 2.94. The van der Waals surface area contributed by atoms with E-state index in [9.17, 15) is 8.42 Å². The summed E-state index contributed by atoms with van der Waals surface area (Å²) >= 11 is 1.55. The van der Waals surface area contributed by atoms with Gasteiger partial charge in [0.25, 0.3) is 0 Å². The predicted octanol–water partition coefficient (Wildman–Crippen LogP) is 1.41. The van der Waals surface area contributed by atoms with E-state index in [1.165, 1.54) is 0 Å². The van der Waals surface area contributed by atoms with E-state index in [2.05, 4.69) is 9.71 Å². The third-order valence-electron chi connectivity index (χ3n) is 1.91. The average molecular weight is 248 g/mol. The number of unbranched alkanes of at least 4 members (excludes halogenated alkanes) is 1. The average Bonchev–Trinajstić information content (AvgIpc) is 2.67. The van der Waals surface area contributed by atoms with Gasteiger partial charge in [-0.2, -0.15) is 0 Å². The summed E-state index contributed by atoms with van der Waals surface area (Å²) in [4.78, 5) is 4.08. The SMILES string of the molecule is CCCCS(=O)(=O)NCCc1nccs1. The molecule has 0 aromatic carbocycles. The number of thiazole rings is 1. The number of aromatic nitrogens is 1. The van der Waals surface area contributed by atoms with Gasteiger partial charge in [0, 0.05) is 24.5 Å². The summed E-state index contributed by atoms with van der Waals surface area (Å²) in [6.45, 7) is 2.42. The fraction of sp³-hybridized carbons (Fsp3) is 0.667. The lowest BCUT2D eigenvalue weighted by molar-refractivity contribution is 0.578. The molecule has 0 aliphatic rings.